The zero-order chi connectivity index (χ0) is 19.0. The van der Waals surface area contributed by atoms with Gasteiger partial charge in [-0.15, -0.1) is 0 Å². The number of carbonyl (C=O) groups is 1. The number of hydrogen-bond donors (Lipinski definition) is 0. The van der Waals surface area contributed by atoms with Gasteiger partial charge in [0.1, 0.15) is 5.82 Å². The van der Waals surface area contributed by atoms with Gasteiger partial charge in [-0.2, -0.15) is 0 Å². The Morgan fingerprint density at radius 3 is 2.74 bits per heavy atom. The maximum absolute atomic E-state index is 13.8. The predicted octanol–water partition coefficient (Wildman–Crippen LogP) is 3.84. The lowest BCUT2D eigenvalue weighted by Crippen LogP contribution is -2.47. The number of fused-ring (bicyclic) bond motifs is 3. The van der Waals surface area contributed by atoms with Crippen LogP contribution in [0.15, 0.2) is 30.5 Å². The number of rotatable bonds is 5. The Morgan fingerprint density at radius 1 is 1.30 bits per heavy atom. The van der Waals surface area contributed by atoms with Gasteiger partial charge in [-0.05, 0) is 63.8 Å². The smallest absolute Gasteiger partial charge is 0.334 e. The topological polar surface area (TPSA) is 51.7 Å². The van der Waals surface area contributed by atoms with Crippen LogP contribution < -0.4 is 4.90 Å². The van der Waals surface area contributed by atoms with Crippen molar-refractivity contribution in [2.24, 2.45) is 0 Å². The number of halogens is 1. The van der Waals surface area contributed by atoms with Gasteiger partial charge in [0.05, 0.1) is 18.2 Å². The van der Waals surface area contributed by atoms with E-state index in [9.17, 15) is 9.18 Å². The molecule has 3 unspecified atom stereocenters. The van der Waals surface area contributed by atoms with Crippen molar-refractivity contribution < 1.29 is 18.7 Å². The lowest BCUT2D eigenvalue weighted by Gasteiger charge is -2.41. The molecule has 0 amide bonds. The van der Waals surface area contributed by atoms with Gasteiger partial charge >= 0.3 is 5.97 Å². The highest BCUT2D eigenvalue weighted by Crippen LogP contribution is 2.42. The standard InChI is InChI=1S/C21H25FN2O3/c1-3-26-21(25)13(2)27-17-11-15-5-6-16(12-17)24(15)20-8-9-23-19-7-4-14(22)10-18(19)20/h4,7-10,13,15-17H,3,5-6,11-12H2,1-2H3. The molecule has 0 N–H and O–H groups in total. The molecule has 0 aliphatic carbocycles. The zero-order valence-electron chi connectivity index (χ0n) is 15.7. The molecule has 144 valence electrons. The fourth-order valence-electron chi connectivity index (χ4n) is 4.56. The molecule has 4 rings (SSSR count). The van der Waals surface area contributed by atoms with E-state index in [0.717, 1.165) is 42.3 Å². The molecule has 1 aromatic heterocycles. The molecule has 0 spiro atoms. The summed E-state index contributed by atoms with van der Waals surface area (Å²) in [6.07, 6.45) is 5.17. The fourth-order valence-corrected chi connectivity index (χ4v) is 4.56. The van der Waals surface area contributed by atoms with Crippen molar-refractivity contribution in [2.45, 2.75) is 63.8 Å². The number of hydrogen-bond acceptors (Lipinski definition) is 5. The average Bonchev–Trinajstić information content (AvgIpc) is 2.91. The summed E-state index contributed by atoms with van der Waals surface area (Å²) in [5.74, 6) is -0.548. The van der Waals surface area contributed by atoms with Crippen LogP contribution in [0.4, 0.5) is 10.1 Å². The minimum Gasteiger partial charge on any atom is -0.464 e. The lowest BCUT2D eigenvalue weighted by molar-refractivity contribution is -0.160. The van der Waals surface area contributed by atoms with Crippen molar-refractivity contribution in [3.05, 3.63) is 36.3 Å². The van der Waals surface area contributed by atoms with Crippen molar-refractivity contribution in [1.82, 2.24) is 4.98 Å². The summed E-state index contributed by atoms with van der Waals surface area (Å²) in [5.41, 5.74) is 1.85. The second-order valence-electron chi connectivity index (χ2n) is 7.41. The molecule has 3 atom stereocenters. The molecule has 3 heterocycles. The summed E-state index contributed by atoms with van der Waals surface area (Å²) < 4.78 is 24.9. The number of carbonyl (C=O) groups excluding carboxylic acids is 1. The Kier molecular flexibility index (Phi) is 5.00. The Hall–Kier alpha value is -2.21. The van der Waals surface area contributed by atoms with Gasteiger partial charge in [0, 0.05) is 29.4 Å². The Bertz CT molecular complexity index is 829. The van der Waals surface area contributed by atoms with Crippen LogP contribution in [-0.2, 0) is 14.3 Å². The van der Waals surface area contributed by atoms with Crippen LogP contribution in [0.1, 0.15) is 39.5 Å². The minimum atomic E-state index is -0.545. The number of pyridine rings is 1. The first-order chi connectivity index (χ1) is 13.1. The van der Waals surface area contributed by atoms with Gasteiger partial charge in [-0.1, -0.05) is 0 Å². The van der Waals surface area contributed by atoms with E-state index in [2.05, 4.69) is 9.88 Å². The molecule has 2 aliphatic rings. The van der Waals surface area contributed by atoms with Crippen LogP contribution in [-0.4, -0.2) is 41.9 Å². The van der Waals surface area contributed by atoms with Gasteiger partial charge < -0.3 is 14.4 Å². The Morgan fingerprint density at radius 2 is 2.04 bits per heavy atom. The first-order valence-electron chi connectivity index (χ1n) is 9.71. The molecule has 2 saturated heterocycles. The summed E-state index contributed by atoms with van der Waals surface area (Å²) >= 11 is 0. The summed E-state index contributed by atoms with van der Waals surface area (Å²) in [4.78, 5) is 18.6. The highest BCUT2D eigenvalue weighted by atomic mass is 19.1. The third kappa shape index (κ3) is 3.50. The normalized spacial score (nSPS) is 25.6. The fraction of sp³-hybridized carbons (Fsp3) is 0.524. The number of ether oxygens (including phenoxy) is 2. The van der Waals surface area contributed by atoms with E-state index in [-0.39, 0.29) is 17.9 Å². The highest BCUT2D eigenvalue weighted by Gasteiger charge is 2.42. The molecule has 2 fully saturated rings. The summed E-state index contributed by atoms with van der Waals surface area (Å²) in [6, 6.07) is 7.39. The quantitative estimate of drug-likeness (QED) is 0.747. The molecular weight excluding hydrogens is 347 g/mol. The maximum atomic E-state index is 13.8. The molecule has 0 saturated carbocycles. The van der Waals surface area contributed by atoms with Gasteiger partial charge in [0.15, 0.2) is 6.10 Å². The van der Waals surface area contributed by atoms with E-state index >= 15 is 0 Å². The van der Waals surface area contributed by atoms with Gasteiger partial charge in [-0.25, -0.2) is 9.18 Å². The van der Waals surface area contributed by atoms with Crippen molar-refractivity contribution >= 4 is 22.6 Å². The lowest BCUT2D eigenvalue weighted by atomic mass is 9.97. The molecule has 0 radical (unpaired) electrons. The number of piperidine rings is 1. The molecule has 2 bridgehead atoms. The monoisotopic (exact) mass is 372 g/mol. The van der Waals surface area contributed by atoms with E-state index in [1.165, 1.54) is 6.07 Å². The Balaban J connectivity index is 1.54. The number of nitrogens with zero attached hydrogens (tertiary/aromatic N) is 2. The van der Waals surface area contributed by atoms with Crippen molar-refractivity contribution in [3.8, 4) is 0 Å². The largest absolute Gasteiger partial charge is 0.464 e. The first-order valence-corrected chi connectivity index (χ1v) is 9.71. The summed E-state index contributed by atoms with van der Waals surface area (Å²) in [7, 11) is 0. The molecular formula is C21H25FN2O3. The third-order valence-electron chi connectivity index (χ3n) is 5.66. The summed E-state index contributed by atoms with van der Waals surface area (Å²) in [5, 5.41) is 0.855. The average molecular weight is 372 g/mol. The van der Waals surface area contributed by atoms with Crippen LogP contribution in [0.2, 0.25) is 0 Å². The van der Waals surface area contributed by atoms with Crippen molar-refractivity contribution in [3.63, 3.8) is 0 Å². The molecule has 2 aromatic rings. The van der Waals surface area contributed by atoms with E-state index in [0.29, 0.717) is 18.7 Å². The SMILES string of the molecule is CCOC(=O)C(C)OC1CC2CCC(C1)N2c1ccnc2ccc(F)cc12. The number of anilines is 1. The van der Waals surface area contributed by atoms with Crippen LogP contribution in [0.25, 0.3) is 10.9 Å². The van der Waals surface area contributed by atoms with E-state index in [1.54, 1.807) is 32.2 Å². The zero-order valence-corrected chi connectivity index (χ0v) is 15.7. The molecule has 5 nitrogen and oxygen atoms in total. The second-order valence-corrected chi connectivity index (χ2v) is 7.41. The third-order valence-corrected chi connectivity index (χ3v) is 5.66. The highest BCUT2D eigenvalue weighted by molar-refractivity contribution is 5.92. The molecule has 6 heteroatoms. The molecule has 27 heavy (non-hydrogen) atoms. The van der Waals surface area contributed by atoms with Crippen molar-refractivity contribution in [1.29, 1.82) is 0 Å². The second kappa shape index (κ2) is 7.43. The van der Waals surface area contributed by atoms with Crippen molar-refractivity contribution in [2.75, 3.05) is 11.5 Å². The van der Waals surface area contributed by atoms with E-state index < -0.39 is 6.10 Å². The van der Waals surface area contributed by atoms with E-state index in [1.807, 2.05) is 6.07 Å². The predicted molar refractivity (Wildman–Crippen MR) is 101 cm³/mol. The van der Waals surface area contributed by atoms with Gasteiger partial charge in [-0.3, -0.25) is 4.98 Å². The van der Waals surface area contributed by atoms with Crippen LogP contribution in [0.3, 0.4) is 0 Å². The van der Waals surface area contributed by atoms with Crippen LogP contribution in [0, 0.1) is 5.82 Å². The first kappa shape index (κ1) is 18.2. The summed E-state index contributed by atoms with van der Waals surface area (Å²) in [6.45, 7) is 3.92. The molecule has 2 aliphatic heterocycles. The molecule has 1 aromatic carbocycles. The Labute approximate surface area is 158 Å². The van der Waals surface area contributed by atoms with Crippen LogP contribution in [0.5, 0.6) is 0 Å². The number of benzene rings is 1. The van der Waals surface area contributed by atoms with Gasteiger partial charge in [0.2, 0.25) is 0 Å². The number of esters is 1. The van der Waals surface area contributed by atoms with E-state index in [4.69, 9.17) is 9.47 Å². The van der Waals surface area contributed by atoms with Gasteiger partial charge in [0.25, 0.3) is 0 Å². The maximum Gasteiger partial charge on any atom is 0.334 e. The van der Waals surface area contributed by atoms with Crippen LogP contribution >= 0.6 is 0 Å². The number of aromatic nitrogens is 1. The minimum absolute atomic E-state index is 0.0444.